The van der Waals surface area contributed by atoms with Gasteiger partial charge in [-0.15, -0.1) is 0 Å². The number of nitrogens with one attached hydrogen (secondary N) is 2. The van der Waals surface area contributed by atoms with Gasteiger partial charge >= 0.3 is 0 Å². The highest BCUT2D eigenvalue weighted by Gasteiger charge is 2.31. The lowest BCUT2D eigenvalue weighted by Gasteiger charge is -2.34. The quantitative estimate of drug-likeness (QED) is 0.695. The lowest BCUT2D eigenvalue weighted by atomic mass is 10.1. The molecule has 0 radical (unpaired) electrons. The van der Waals surface area contributed by atoms with Gasteiger partial charge in [0.15, 0.2) is 11.5 Å². The molecule has 7 heteroatoms. The number of hydrogen-bond acceptors (Lipinski definition) is 5. The number of methoxy groups -OCH3 is 2. The van der Waals surface area contributed by atoms with Crippen LogP contribution in [0.1, 0.15) is 23.1 Å². The van der Waals surface area contributed by atoms with E-state index in [0.717, 1.165) is 11.1 Å². The molecule has 1 fully saturated rings. The minimum absolute atomic E-state index is 0.101. The van der Waals surface area contributed by atoms with Crippen molar-refractivity contribution in [3.05, 3.63) is 59.2 Å². The lowest BCUT2D eigenvalue weighted by Crippen LogP contribution is -2.56. The van der Waals surface area contributed by atoms with E-state index in [2.05, 4.69) is 39.8 Å². The van der Waals surface area contributed by atoms with Crippen molar-refractivity contribution in [1.29, 1.82) is 0 Å². The summed E-state index contributed by atoms with van der Waals surface area (Å²) in [5.74, 6) is 0.912. The number of hydrogen-bond donors (Lipinski definition) is 2. The summed E-state index contributed by atoms with van der Waals surface area (Å²) in [5.41, 5.74) is 3.13. The molecule has 1 heterocycles. The zero-order valence-electron chi connectivity index (χ0n) is 17.7. The third-order valence-corrected chi connectivity index (χ3v) is 5.29. The number of amides is 2. The average molecular weight is 412 g/mol. The van der Waals surface area contributed by atoms with Crippen LogP contribution in [0.25, 0.3) is 0 Å². The van der Waals surface area contributed by atoms with Gasteiger partial charge < -0.3 is 20.1 Å². The minimum Gasteiger partial charge on any atom is -0.493 e. The number of ether oxygens (including phenoxy) is 2. The van der Waals surface area contributed by atoms with Crippen molar-refractivity contribution < 1.29 is 19.1 Å². The molecule has 160 valence electrons. The Balaban J connectivity index is 1.63. The Kier molecular flexibility index (Phi) is 7.30. The van der Waals surface area contributed by atoms with Crippen molar-refractivity contribution >= 4 is 11.8 Å². The van der Waals surface area contributed by atoms with Crippen molar-refractivity contribution in [3.8, 4) is 11.5 Å². The number of nitrogens with zero attached hydrogens (tertiary/aromatic N) is 1. The molecule has 1 aliphatic heterocycles. The average Bonchev–Trinajstić information content (AvgIpc) is 2.75. The Morgan fingerprint density at radius 1 is 1.17 bits per heavy atom. The Morgan fingerprint density at radius 3 is 2.63 bits per heavy atom. The van der Waals surface area contributed by atoms with Gasteiger partial charge in [0.1, 0.15) is 0 Å². The zero-order chi connectivity index (χ0) is 21.5. The Hall–Kier alpha value is -3.06. The van der Waals surface area contributed by atoms with Gasteiger partial charge in [-0.3, -0.25) is 14.5 Å². The number of benzene rings is 2. The first kappa shape index (κ1) is 21.6. The molecule has 2 amide bonds. The largest absolute Gasteiger partial charge is 0.493 e. The summed E-state index contributed by atoms with van der Waals surface area (Å²) >= 11 is 0. The van der Waals surface area contributed by atoms with E-state index in [1.165, 1.54) is 5.56 Å². The molecule has 1 atom stereocenters. The summed E-state index contributed by atoms with van der Waals surface area (Å²) < 4.78 is 10.7. The minimum atomic E-state index is -0.493. The fraction of sp³-hybridized carbons (Fsp3) is 0.391. The summed E-state index contributed by atoms with van der Waals surface area (Å²) in [6, 6.07) is 13.3. The normalized spacial score (nSPS) is 16.6. The van der Waals surface area contributed by atoms with Crippen LogP contribution in [0.3, 0.4) is 0 Å². The van der Waals surface area contributed by atoms with Gasteiger partial charge in [-0.05, 0) is 18.6 Å². The standard InChI is InChI=1S/C23H29N3O4/c1-16-7-9-17(10-8-16)15-26-12-11-24-23(28)19(26)13-21(27)25-14-18-5-4-6-20(29-2)22(18)30-3/h4-10,19H,11-15H2,1-3H3,(H,24,28)(H,25,27)/t19-/m1/s1. The van der Waals surface area contributed by atoms with Crippen LogP contribution in [0.5, 0.6) is 11.5 Å². The first-order valence-corrected chi connectivity index (χ1v) is 10.1. The highest BCUT2D eigenvalue weighted by molar-refractivity contribution is 5.88. The highest BCUT2D eigenvalue weighted by atomic mass is 16.5. The molecular formula is C23H29N3O4. The zero-order valence-corrected chi connectivity index (χ0v) is 17.7. The van der Waals surface area contributed by atoms with Crippen LogP contribution in [-0.2, 0) is 22.7 Å². The van der Waals surface area contributed by atoms with Crippen molar-refractivity contribution in [3.63, 3.8) is 0 Å². The second kappa shape index (κ2) is 10.1. The molecular weight excluding hydrogens is 382 g/mol. The van der Waals surface area contributed by atoms with E-state index in [-0.39, 0.29) is 18.2 Å². The summed E-state index contributed by atoms with van der Waals surface area (Å²) in [6.07, 6.45) is 0.101. The predicted octanol–water partition coefficient (Wildman–Crippen LogP) is 2.02. The van der Waals surface area contributed by atoms with E-state index in [9.17, 15) is 9.59 Å². The smallest absolute Gasteiger partial charge is 0.237 e. The molecule has 7 nitrogen and oxygen atoms in total. The SMILES string of the molecule is COc1cccc(CNC(=O)C[C@@H]2C(=O)NCCN2Cc2ccc(C)cc2)c1OC. The van der Waals surface area contributed by atoms with Crippen LogP contribution in [-0.4, -0.2) is 50.1 Å². The van der Waals surface area contributed by atoms with Crippen molar-refractivity contribution in [2.24, 2.45) is 0 Å². The molecule has 1 aliphatic rings. The van der Waals surface area contributed by atoms with E-state index in [0.29, 0.717) is 37.7 Å². The van der Waals surface area contributed by atoms with Crippen LogP contribution in [0, 0.1) is 6.92 Å². The molecule has 2 aromatic rings. The van der Waals surface area contributed by atoms with Crippen LogP contribution in [0.15, 0.2) is 42.5 Å². The maximum absolute atomic E-state index is 12.6. The van der Waals surface area contributed by atoms with Crippen molar-refractivity contribution in [2.75, 3.05) is 27.3 Å². The van der Waals surface area contributed by atoms with Crippen LogP contribution in [0.4, 0.5) is 0 Å². The molecule has 0 aliphatic carbocycles. The van der Waals surface area contributed by atoms with Crippen molar-refractivity contribution in [1.82, 2.24) is 15.5 Å². The van der Waals surface area contributed by atoms with Gasteiger partial charge in [-0.2, -0.15) is 0 Å². The van der Waals surface area contributed by atoms with Crippen LogP contribution >= 0.6 is 0 Å². The third kappa shape index (κ3) is 5.30. The molecule has 0 saturated carbocycles. The van der Waals surface area contributed by atoms with Crippen LogP contribution in [0.2, 0.25) is 0 Å². The summed E-state index contributed by atoms with van der Waals surface area (Å²) in [4.78, 5) is 27.2. The number of carbonyl (C=O) groups is 2. The third-order valence-electron chi connectivity index (χ3n) is 5.29. The molecule has 2 N–H and O–H groups in total. The summed E-state index contributed by atoms with van der Waals surface area (Å²) in [6.45, 7) is 4.27. The Bertz CT molecular complexity index is 883. The molecule has 0 aromatic heterocycles. The first-order chi connectivity index (χ1) is 14.5. The lowest BCUT2D eigenvalue weighted by molar-refractivity contribution is -0.134. The van der Waals surface area contributed by atoms with Crippen LogP contribution < -0.4 is 20.1 Å². The van der Waals surface area contributed by atoms with Gasteiger partial charge in [0.2, 0.25) is 11.8 Å². The van der Waals surface area contributed by atoms with E-state index >= 15 is 0 Å². The number of para-hydroxylation sites is 1. The summed E-state index contributed by atoms with van der Waals surface area (Å²) in [7, 11) is 3.14. The van der Waals surface area contributed by atoms with E-state index in [1.807, 2.05) is 19.1 Å². The topological polar surface area (TPSA) is 79.9 Å². The monoisotopic (exact) mass is 411 g/mol. The maximum atomic E-state index is 12.6. The van der Waals surface area contributed by atoms with Gasteiger partial charge in [0, 0.05) is 31.7 Å². The first-order valence-electron chi connectivity index (χ1n) is 10.1. The van der Waals surface area contributed by atoms with Crippen molar-refractivity contribution in [2.45, 2.75) is 32.5 Å². The fourth-order valence-corrected chi connectivity index (χ4v) is 3.64. The van der Waals surface area contributed by atoms with Gasteiger partial charge in [-0.25, -0.2) is 0 Å². The fourth-order valence-electron chi connectivity index (χ4n) is 3.64. The van der Waals surface area contributed by atoms with E-state index in [1.54, 1.807) is 20.3 Å². The molecule has 1 saturated heterocycles. The second-order valence-corrected chi connectivity index (χ2v) is 7.40. The number of carbonyl (C=O) groups excluding carboxylic acids is 2. The van der Waals surface area contributed by atoms with E-state index < -0.39 is 6.04 Å². The highest BCUT2D eigenvalue weighted by Crippen LogP contribution is 2.30. The van der Waals surface area contributed by atoms with Gasteiger partial charge in [0.05, 0.1) is 26.7 Å². The number of rotatable bonds is 8. The molecule has 30 heavy (non-hydrogen) atoms. The summed E-state index contributed by atoms with van der Waals surface area (Å²) in [5, 5.41) is 5.78. The van der Waals surface area contributed by atoms with Gasteiger partial charge in [0.25, 0.3) is 0 Å². The molecule has 0 bridgehead atoms. The van der Waals surface area contributed by atoms with Gasteiger partial charge in [-0.1, -0.05) is 42.0 Å². The Labute approximate surface area is 177 Å². The molecule has 0 spiro atoms. The molecule has 0 unspecified atom stereocenters. The molecule has 2 aromatic carbocycles. The van der Waals surface area contributed by atoms with E-state index in [4.69, 9.17) is 9.47 Å². The number of aryl methyl sites for hydroxylation is 1. The Morgan fingerprint density at radius 2 is 1.93 bits per heavy atom. The molecule has 3 rings (SSSR count). The predicted molar refractivity (Wildman–Crippen MR) is 114 cm³/mol. The second-order valence-electron chi connectivity index (χ2n) is 7.40. The maximum Gasteiger partial charge on any atom is 0.237 e. The number of piperazine rings is 1.